The second kappa shape index (κ2) is 6.38. The number of aliphatic hydroxyl groups excluding tert-OH is 1. The van der Waals surface area contributed by atoms with Crippen LogP contribution < -0.4 is 0 Å². The van der Waals surface area contributed by atoms with Crippen LogP contribution >= 0.6 is 0 Å². The lowest BCUT2D eigenvalue weighted by Gasteiger charge is -2.29. The molecule has 1 nitrogen and oxygen atoms in total. The van der Waals surface area contributed by atoms with E-state index < -0.39 is 0 Å². The van der Waals surface area contributed by atoms with Crippen LogP contribution in [0.5, 0.6) is 0 Å². The summed E-state index contributed by atoms with van der Waals surface area (Å²) in [6, 6.07) is 8.89. The monoisotopic (exact) mass is 246 g/mol. The zero-order valence-corrected chi connectivity index (χ0v) is 11.6. The van der Waals surface area contributed by atoms with Crippen molar-refractivity contribution in [2.45, 2.75) is 58.3 Å². The molecule has 100 valence electrons. The second-order valence-corrected chi connectivity index (χ2v) is 5.92. The fraction of sp³-hybridized carbons (Fsp3) is 0.647. The minimum absolute atomic E-state index is 0.249. The summed E-state index contributed by atoms with van der Waals surface area (Å²) in [6.45, 7) is 2.56. The Balaban J connectivity index is 2.02. The third-order valence-electron chi connectivity index (χ3n) is 4.45. The second-order valence-electron chi connectivity index (χ2n) is 5.92. The molecule has 0 unspecified atom stereocenters. The van der Waals surface area contributed by atoms with E-state index in [4.69, 9.17) is 5.11 Å². The molecular weight excluding hydrogens is 220 g/mol. The molecule has 0 radical (unpaired) electrons. The summed E-state index contributed by atoms with van der Waals surface area (Å²) in [7, 11) is 0. The molecule has 0 atom stereocenters. The number of hydrogen-bond donors (Lipinski definition) is 1. The van der Waals surface area contributed by atoms with Gasteiger partial charge in [-0.15, -0.1) is 0 Å². The number of rotatable bonds is 6. The highest BCUT2D eigenvalue weighted by molar-refractivity contribution is 5.24. The molecule has 1 saturated carbocycles. The van der Waals surface area contributed by atoms with Crippen LogP contribution in [0.25, 0.3) is 0 Å². The smallest absolute Gasteiger partial charge is 0.0471 e. The Labute approximate surface area is 111 Å². The predicted octanol–water partition coefficient (Wildman–Crippen LogP) is 4.12. The summed E-state index contributed by atoms with van der Waals surface area (Å²) < 4.78 is 0. The molecule has 1 aromatic rings. The molecule has 18 heavy (non-hydrogen) atoms. The summed E-state index contributed by atoms with van der Waals surface area (Å²) in [5.74, 6) is 0. The van der Waals surface area contributed by atoms with Crippen LogP contribution in [0, 0.1) is 5.41 Å². The van der Waals surface area contributed by atoms with Gasteiger partial charge in [-0.2, -0.15) is 0 Å². The molecular formula is C17H26O. The molecule has 1 aliphatic carbocycles. The van der Waals surface area contributed by atoms with Gasteiger partial charge >= 0.3 is 0 Å². The Hall–Kier alpha value is -0.820. The van der Waals surface area contributed by atoms with Crippen molar-refractivity contribution in [2.75, 3.05) is 6.61 Å². The zero-order chi connectivity index (χ0) is 12.8. The molecule has 0 amide bonds. The maximum atomic E-state index is 8.93. The Morgan fingerprint density at radius 1 is 1.06 bits per heavy atom. The number of benzene rings is 1. The fourth-order valence-electron chi connectivity index (χ4n) is 3.56. The lowest BCUT2D eigenvalue weighted by molar-refractivity contribution is 0.266. The van der Waals surface area contributed by atoms with Crippen molar-refractivity contribution in [1.29, 1.82) is 0 Å². The topological polar surface area (TPSA) is 20.2 Å². The third kappa shape index (κ3) is 3.35. The summed E-state index contributed by atoms with van der Waals surface area (Å²) in [5.41, 5.74) is 3.32. The highest BCUT2D eigenvalue weighted by Crippen LogP contribution is 2.44. The average Bonchev–Trinajstić information content (AvgIpc) is 2.81. The molecule has 1 fully saturated rings. The largest absolute Gasteiger partial charge is 0.396 e. The number of aliphatic hydroxyl groups is 1. The first-order valence-electron chi connectivity index (χ1n) is 7.47. The molecule has 0 heterocycles. The van der Waals surface area contributed by atoms with E-state index in [9.17, 15) is 0 Å². The van der Waals surface area contributed by atoms with Gasteiger partial charge in [0.05, 0.1) is 0 Å². The van der Waals surface area contributed by atoms with Gasteiger partial charge in [-0.05, 0) is 48.6 Å². The predicted molar refractivity (Wildman–Crippen MR) is 76.7 cm³/mol. The first-order valence-corrected chi connectivity index (χ1v) is 7.47. The van der Waals surface area contributed by atoms with Crippen LogP contribution in [-0.2, 0) is 12.8 Å². The van der Waals surface area contributed by atoms with Crippen molar-refractivity contribution in [3.63, 3.8) is 0 Å². The van der Waals surface area contributed by atoms with Gasteiger partial charge in [0.25, 0.3) is 0 Å². The minimum Gasteiger partial charge on any atom is -0.396 e. The van der Waals surface area contributed by atoms with E-state index in [1.54, 1.807) is 0 Å². The van der Waals surface area contributed by atoms with Crippen molar-refractivity contribution >= 4 is 0 Å². The molecule has 0 spiro atoms. The van der Waals surface area contributed by atoms with E-state index in [0.717, 1.165) is 6.42 Å². The van der Waals surface area contributed by atoms with Crippen LogP contribution in [0.3, 0.4) is 0 Å². The van der Waals surface area contributed by atoms with Crippen LogP contribution in [0.4, 0.5) is 0 Å². The van der Waals surface area contributed by atoms with Crippen LogP contribution in [0.2, 0.25) is 0 Å². The first-order chi connectivity index (χ1) is 8.78. The fourth-order valence-corrected chi connectivity index (χ4v) is 3.56. The molecule has 0 bridgehead atoms. The Morgan fingerprint density at radius 3 is 2.22 bits per heavy atom. The highest BCUT2D eigenvalue weighted by atomic mass is 16.2. The van der Waals surface area contributed by atoms with E-state index in [1.165, 1.54) is 56.1 Å². The van der Waals surface area contributed by atoms with Gasteiger partial charge in [0, 0.05) is 6.61 Å². The average molecular weight is 246 g/mol. The van der Waals surface area contributed by atoms with Crippen molar-refractivity contribution in [2.24, 2.45) is 5.41 Å². The highest BCUT2D eigenvalue weighted by Gasteiger charge is 2.32. The van der Waals surface area contributed by atoms with Gasteiger partial charge in [0.1, 0.15) is 0 Å². The minimum atomic E-state index is 0.249. The molecule has 1 aliphatic rings. The Morgan fingerprint density at radius 2 is 1.67 bits per heavy atom. The molecule has 1 N–H and O–H groups in total. The van der Waals surface area contributed by atoms with E-state index in [1.807, 2.05) is 0 Å². The van der Waals surface area contributed by atoms with E-state index in [-0.39, 0.29) is 6.61 Å². The lowest BCUT2D eigenvalue weighted by atomic mass is 9.76. The molecule has 1 aromatic carbocycles. The maximum absolute atomic E-state index is 8.93. The normalized spacial score (nSPS) is 18.1. The Kier molecular flexibility index (Phi) is 4.82. The molecule has 2 rings (SSSR count). The van der Waals surface area contributed by atoms with E-state index in [2.05, 4.69) is 31.2 Å². The van der Waals surface area contributed by atoms with Crippen molar-refractivity contribution in [1.82, 2.24) is 0 Å². The van der Waals surface area contributed by atoms with Gasteiger partial charge in [0.15, 0.2) is 0 Å². The zero-order valence-electron chi connectivity index (χ0n) is 11.6. The molecule has 0 aliphatic heterocycles. The Bertz CT molecular complexity index is 346. The van der Waals surface area contributed by atoms with Gasteiger partial charge in [-0.25, -0.2) is 0 Å². The SMILES string of the molecule is CCCC1(Cc2ccc(CCO)cc2)CCCC1. The van der Waals surface area contributed by atoms with Gasteiger partial charge in [-0.1, -0.05) is 50.5 Å². The third-order valence-corrected chi connectivity index (χ3v) is 4.45. The quantitative estimate of drug-likeness (QED) is 0.800. The lowest BCUT2D eigenvalue weighted by Crippen LogP contribution is -2.19. The summed E-state index contributed by atoms with van der Waals surface area (Å²) in [6.07, 6.45) is 10.4. The van der Waals surface area contributed by atoms with E-state index in [0.29, 0.717) is 5.41 Å². The summed E-state index contributed by atoms with van der Waals surface area (Å²) in [5, 5.41) is 8.93. The standard InChI is InChI=1S/C17H26O/c1-2-10-17(11-3-4-12-17)14-16-7-5-15(6-8-16)9-13-18/h5-8,18H,2-4,9-14H2,1H3. The van der Waals surface area contributed by atoms with Crippen LogP contribution in [-0.4, -0.2) is 11.7 Å². The first kappa shape index (κ1) is 13.6. The molecule has 0 saturated heterocycles. The van der Waals surface area contributed by atoms with Gasteiger partial charge in [0.2, 0.25) is 0 Å². The van der Waals surface area contributed by atoms with Crippen LogP contribution in [0.1, 0.15) is 56.6 Å². The van der Waals surface area contributed by atoms with Crippen molar-refractivity contribution in [3.8, 4) is 0 Å². The number of hydrogen-bond acceptors (Lipinski definition) is 1. The van der Waals surface area contributed by atoms with Crippen molar-refractivity contribution in [3.05, 3.63) is 35.4 Å². The molecule has 0 aromatic heterocycles. The summed E-state index contributed by atoms with van der Waals surface area (Å²) in [4.78, 5) is 0. The maximum Gasteiger partial charge on any atom is 0.0471 e. The van der Waals surface area contributed by atoms with Crippen molar-refractivity contribution < 1.29 is 5.11 Å². The van der Waals surface area contributed by atoms with E-state index >= 15 is 0 Å². The molecule has 1 heteroatoms. The van der Waals surface area contributed by atoms with Gasteiger partial charge in [-0.3, -0.25) is 0 Å². The van der Waals surface area contributed by atoms with Crippen LogP contribution in [0.15, 0.2) is 24.3 Å². The summed E-state index contributed by atoms with van der Waals surface area (Å²) >= 11 is 0. The van der Waals surface area contributed by atoms with Gasteiger partial charge < -0.3 is 5.11 Å².